The molecule has 1 aromatic carbocycles. The van der Waals surface area contributed by atoms with Crippen LogP contribution >= 0.6 is 0 Å². The Hall–Kier alpha value is -0.643. The topological polar surface area (TPSA) is 6.48 Å². The maximum Gasteiger partial charge on any atom is 0.242 e. The molecule has 0 bridgehead atoms. The Bertz CT molecular complexity index is 361. The molecule has 0 unspecified atom stereocenters. The average molecular weight is 262 g/mol. The van der Waals surface area contributed by atoms with Crippen molar-refractivity contribution >= 4 is 13.6 Å². The summed E-state index contributed by atoms with van der Waals surface area (Å²) in [5.41, 5.74) is 0.866. The molecule has 18 heavy (non-hydrogen) atoms. The lowest BCUT2D eigenvalue weighted by Gasteiger charge is -2.47. The van der Waals surface area contributed by atoms with Crippen molar-refractivity contribution in [2.24, 2.45) is 0 Å². The third-order valence-electron chi connectivity index (χ3n) is 4.49. The summed E-state index contributed by atoms with van der Waals surface area (Å²) in [5.74, 6) is 0. The Morgan fingerprint density at radius 2 is 1.39 bits per heavy atom. The number of rotatable bonds is 4. The predicted octanol–water partition coefficient (Wildman–Crippen LogP) is 2.40. The largest absolute Gasteiger partial charge is 0.313 e. The van der Waals surface area contributed by atoms with Gasteiger partial charge in [-0.1, -0.05) is 56.0 Å². The molecule has 2 rings (SSSR count). The van der Waals surface area contributed by atoms with E-state index in [-0.39, 0.29) is 0 Å². The Labute approximate surface area is 113 Å². The molecule has 3 heteroatoms. The molecule has 0 aromatic heterocycles. The third kappa shape index (κ3) is 2.15. The van der Waals surface area contributed by atoms with E-state index < -0.39 is 8.40 Å². The van der Waals surface area contributed by atoms with Crippen LogP contribution in [0.2, 0.25) is 5.54 Å². The number of nitrogens with zero attached hydrogens (tertiary/aromatic N) is 2. The van der Waals surface area contributed by atoms with E-state index in [9.17, 15) is 0 Å². The minimum absolute atomic E-state index is 0.866. The fourth-order valence-electron chi connectivity index (χ4n) is 3.89. The molecule has 0 N–H and O–H groups in total. The van der Waals surface area contributed by atoms with Crippen LogP contribution < -0.4 is 5.19 Å². The maximum absolute atomic E-state index is 2.54. The lowest BCUT2D eigenvalue weighted by Crippen LogP contribution is -2.71. The van der Waals surface area contributed by atoms with Gasteiger partial charge in [0.15, 0.2) is 0 Å². The monoisotopic (exact) mass is 262 g/mol. The second kappa shape index (κ2) is 5.55. The minimum atomic E-state index is -1.73. The summed E-state index contributed by atoms with van der Waals surface area (Å²) in [4.78, 5) is 0. The third-order valence-corrected chi connectivity index (χ3v) is 10.1. The molecule has 0 heterocycles. The smallest absolute Gasteiger partial charge is 0.242 e. The summed E-state index contributed by atoms with van der Waals surface area (Å²) in [7, 11) is 7.37. The van der Waals surface area contributed by atoms with Gasteiger partial charge in [0, 0.05) is 0 Å². The van der Waals surface area contributed by atoms with E-state index in [4.69, 9.17) is 0 Å². The fraction of sp³-hybridized carbons (Fsp3) is 0.600. The van der Waals surface area contributed by atoms with Crippen LogP contribution in [0.25, 0.3) is 0 Å². The molecule has 100 valence electrons. The van der Waals surface area contributed by atoms with Gasteiger partial charge < -0.3 is 9.13 Å². The van der Waals surface area contributed by atoms with Crippen LogP contribution in [0.1, 0.15) is 25.7 Å². The highest BCUT2D eigenvalue weighted by atomic mass is 28.3. The molecule has 0 aliphatic heterocycles. The molecule has 1 saturated carbocycles. The lowest BCUT2D eigenvalue weighted by atomic mass is 10.4. The fourth-order valence-corrected chi connectivity index (χ4v) is 9.56. The molecule has 1 fully saturated rings. The first kappa shape index (κ1) is 13.8. The van der Waals surface area contributed by atoms with Crippen LogP contribution in [0.15, 0.2) is 30.3 Å². The van der Waals surface area contributed by atoms with E-state index in [1.807, 2.05) is 0 Å². The zero-order chi connectivity index (χ0) is 13.2. The van der Waals surface area contributed by atoms with E-state index in [0.717, 1.165) is 5.54 Å². The first-order valence-corrected chi connectivity index (χ1v) is 8.97. The van der Waals surface area contributed by atoms with Crippen LogP contribution in [0.4, 0.5) is 0 Å². The van der Waals surface area contributed by atoms with Crippen molar-refractivity contribution in [3.63, 3.8) is 0 Å². The van der Waals surface area contributed by atoms with Gasteiger partial charge in [0.2, 0.25) is 8.40 Å². The highest BCUT2D eigenvalue weighted by Crippen LogP contribution is 2.40. The van der Waals surface area contributed by atoms with Gasteiger partial charge in [-0.3, -0.25) is 0 Å². The second-order valence-corrected chi connectivity index (χ2v) is 10.5. The van der Waals surface area contributed by atoms with Crippen LogP contribution in [0, 0.1) is 0 Å². The normalized spacial score (nSPS) is 17.9. The highest BCUT2D eigenvalue weighted by Gasteiger charge is 2.48. The van der Waals surface area contributed by atoms with Crippen LogP contribution in [-0.2, 0) is 0 Å². The van der Waals surface area contributed by atoms with Gasteiger partial charge >= 0.3 is 0 Å². The van der Waals surface area contributed by atoms with Crippen molar-refractivity contribution < 1.29 is 0 Å². The summed E-state index contributed by atoms with van der Waals surface area (Å²) in [5, 5.41) is 1.56. The van der Waals surface area contributed by atoms with E-state index in [1.165, 1.54) is 25.7 Å². The van der Waals surface area contributed by atoms with Gasteiger partial charge in [0.05, 0.1) is 0 Å². The lowest BCUT2D eigenvalue weighted by molar-refractivity contribution is 0.467. The Morgan fingerprint density at radius 3 is 1.83 bits per heavy atom. The molecular formula is C15H26N2Si. The average Bonchev–Trinajstić information content (AvgIpc) is 2.84. The molecule has 1 aliphatic carbocycles. The number of hydrogen-bond donors (Lipinski definition) is 0. The van der Waals surface area contributed by atoms with Crippen LogP contribution in [-0.4, -0.2) is 45.7 Å². The van der Waals surface area contributed by atoms with Crippen molar-refractivity contribution in [3.8, 4) is 0 Å². The van der Waals surface area contributed by atoms with Gasteiger partial charge in [0.25, 0.3) is 0 Å². The molecular weight excluding hydrogens is 236 g/mol. The van der Waals surface area contributed by atoms with Gasteiger partial charge in [0.1, 0.15) is 0 Å². The molecule has 0 atom stereocenters. The molecule has 0 radical (unpaired) electrons. The zero-order valence-electron chi connectivity index (χ0n) is 12.2. The van der Waals surface area contributed by atoms with Crippen molar-refractivity contribution in [3.05, 3.63) is 30.3 Å². The SMILES string of the molecule is CN(C)[Si](c1ccccc1)(C1CCCC1)N(C)C. The second-order valence-electron chi connectivity index (χ2n) is 5.86. The summed E-state index contributed by atoms with van der Waals surface area (Å²) in [6, 6.07) is 11.2. The quantitative estimate of drug-likeness (QED) is 0.769. The van der Waals surface area contributed by atoms with E-state index in [2.05, 4.69) is 67.7 Å². The molecule has 1 aliphatic rings. The Balaban J connectivity index is 2.50. The first-order valence-electron chi connectivity index (χ1n) is 7.00. The van der Waals surface area contributed by atoms with Crippen molar-refractivity contribution in [1.82, 2.24) is 9.13 Å². The number of hydrogen-bond acceptors (Lipinski definition) is 2. The van der Waals surface area contributed by atoms with Gasteiger partial charge in [-0.15, -0.1) is 0 Å². The van der Waals surface area contributed by atoms with Crippen LogP contribution in [0.3, 0.4) is 0 Å². The Morgan fingerprint density at radius 1 is 0.889 bits per heavy atom. The predicted molar refractivity (Wildman–Crippen MR) is 81.4 cm³/mol. The van der Waals surface area contributed by atoms with Crippen LogP contribution in [0.5, 0.6) is 0 Å². The highest BCUT2D eigenvalue weighted by molar-refractivity contribution is 6.88. The molecule has 0 amide bonds. The summed E-state index contributed by atoms with van der Waals surface area (Å²) >= 11 is 0. The summed E-state index contributed by atoms with van der Waals surface area (Å²) < 4.78 is 5.08. The minimum Gasteiger partial charge on any atom is -0.313 e. The summed E-state index contributed by atoms with van der Waals surface area (Å²) in [6.07, 6.45) is 5.62. The van der Waals surface area contributed by atoms with Gasteiger partial charge in [-0.2, -0.15) is 0 Å². The molecule has 2 nitrogen and oxygen atoms in total. The molecule has 0 spiro atoms. The first-order chi connectivity index (χ1) is 8.60. The Kier molecular flexibility index (Phi) is 4.25. The summed E-state index contributed by atoms with van der Waals surface area (Å²) in [6.45, 7) is 0. The van der Waals surface area contributed by atoms with Crippen molar-refractivity contribution in [2.75, 3.05) is 28.2 Å². The molecule has 1 aromatic rings. The van der Waals surface area contributed by atoms with E-state index >= 15 is 0 Å². The van der Waals surface area contributed by atoms with E-state index in [1.54, 1.807) is 5.19 Å². The van der Waals surface area contributed by atoms with Gasteiger partial charge in [-0.05, 0) is 38.9 Å². The molecule has 0 saturated heterocycles. The van der Waals surface area contributed by atoms with Crippen molar-refractivity contribution in [1.29, 1.82) is 0 Å². The van der Waals surface area contributed by atoms with Gasteiger partial charge in [-0.25, -0.2) is 0 Å². The van der Waals surface area contributed by atoms with Crippen molar-refractivity contribution in [2.45, 2.75) is 31.2 Å². The standard InChI is InChI=1S/C15H26N2Si/c1-16(2)18(17(3)4,15-12-8-9-13-15)14-10-6-5-7-11-14/h5-7,10-11,15H,8-9,12-13H2,1-4H3. The zero-order valence-corrected chi connectivity index (χ0v) is 13.2. The van der Waals surface area contributed by atoms with E-state index in [0.29, 0.717) is 0 Å². The maximum atomic E-state index is 2.54. The number of benzene rings is 1.